The number of aromatic nitrogens is 1. The van der Waals surface area contributed by atoms with Gasteiger partial charge in [0.15, 0.2) is 5.43 Å². The second kappa shape index (κ2) is 11.1. The number of carbonyl (C=O) groups excluding carboxylic acids is 1. The van der Waals surface area contributed by atoms with Gasteiger partial charge in [0.05, 0.1) is 18.2 Å². The lowest BCUT2D eigenvalue weighted by atomic mass is 9.96. The molecule has 0 amide bonds. The van der Waals surface area contributed by atoms with Crippen molar-refractivity contribution in [2.45, 2.75) is 26.4 Å². The van der Waals surface area contributed by atoms with E-state index in [0.717, 1.165) is 43.0 Å². The first-order chi connectivity index (χ1) is 18.0. The zero-order chi connectivity index (χ0) is 25.8. The first-order valence-corrected chi connectivity index (χ1v) is 12.9. The van der Waals surface area contributed by atoms with Gasteiger partial charge in [0.2, 0.25) is 0 Å². The van der Waals surface area contributed by atoms with Gasteiger partial charge in [-0.3, -0.25) is 14.6 Å². The summed E-state index contributed by atoms with van der Waals surface area (Å²) in [6.45, 7) is 8.16. The number of nitrogens with zero attached hydrogens (tertiary/aromatic N) is 2. The first kappa shape index (κ1) is 24.9. The molecule has 1 N–H and O–H groups in total. The van der Waals surface area contributed by atoms with Crippen LogP contribution in [0.5, 0.6) is 0 Å². The molecule has 4 aromatic rings. The zero-order valence-corrected chi connectivity index (χ0v) is 21.4. The number of H-pyrrole nitrogens is 1. The van der Waals surface area contributed by atoms with Crippen molar-refractivity contribution in [3.05, 3.63) is 117 Å². The van der Waals surface area contributed by atoms with Crippen LogP contribution in [0.1, 0.15) is 45.7 Å². The lowest BCUT2D eigenvalue weighted by Crippen LogP contribution is -2.47. The maximum Gasteiger partial charge on any atom is 0.338 e. The van der Waals surface area contributed by atoms with Gasteiger partial charge in [-0.2, -0.15) is 0 Å². The number of ether oxygens (including phenoxy) is 1. The fourth-order valence-electron chi connectivity index (χ4n) is 5.27. The number of piperazine rings is 1. The van der Waals surface area contributed by atoms with Crippen LogP contribution in [-0.2, 0) is 11.3 Å². The van der Waals surface area contributed by atoms with Crippen molar-refractivity contribution in [2.24, 2.45) is 0 Å². The Morgan fingerprint density at radius 1 is 0.919 bits per heavy atom. The fourth-order valence-corrected chi connectivity index (χ4v) is 5.27. The average Bonchev–Trinajstić information content (AvgIpc) is 2.93. The van der Waals surface area contributed by atoms with E-state index in [-0.39, 0.29) is 11.5 Å². The highest BCUT2D eigenvalue weighted by molar-refractivity contribution is 5.94. The van der Waals surface area contributed by atoms with Gasteiger partial charge in [-0.1, -0.05) is 60.7 Å². The molecule has 1 saturated heterocycles. The van der Waals surface area contributed by atoms with Gasteiger partial charge in [-0.05, 0) is 43.2 Å². The smallest absolute Gasteiger partial charge is 0.338 e. The quantitative estimate of drug-likeness (QED) is 0.369. The van der Waals surface area contributed by atoms with E-state index in [0.29, 0.717) is 24.1 Å². The predicted octanol–water partition coefficient (Wildman–Crippen LogP) is 4.92. The van der Waals surface area contributed by atoms with Crippen LogP contribution in [0, 0.1) is 6.92 Å². The monoisotopic (exact) mass is 495 g/mol. The Morgan fingerprint density at radius 2 is 1.54 bits per heavy atom. The second-order valence-corrected chi connectivity index (χ2v) is 9.57. The van der Waals surface area contributed by atoms with Crippen LogP contribution in [0.4, 0.5) is 0 Å². The summed E-state index contributed by atoms with van der Waals surface area (Å²) in [7, 11) is 0. The normalized spacial score (nSPS) is 14.8. The molecular weight excluding hydrogens is 462 g/mol. The second-order valence-electron chi connectivity index (χ2n) is 9.57. The summed E-state index contributed by atoms with van der Waals surface area (Å²) in [5.74, 6) is -0.409. The minimum absolute atomic E-state index is 0.0220. The first-order valence-electron chi connectivity index (χ1n) is 12.9. The Bertz CT molecular complexity index is 1390. The number of pyridine rings is 1. The highest BCUT2D eigenvalue weighted by Gasteiger charge is 2.27. The molecule has 2 heterocycles. The molecule has 1 aliphatic heterocycles. The number of esters is 1. The van der Waals surface area contributed by atoms with Crippen LogP contribution in [0.2, 0.25) is 0 Å². The minimum atomic E-state index is -0.409. The van der Waals surface area contributed by atoms with E-state index >= 15 is 0 Å². The van der Waals surface area contributed by atoms with Crippen molar-refractivity contribution in [1.29, 1.82) is 0 Å². The van der Waals surface area contributed by atoms with Gasteiger partial charge in [0, 0.05) is 54.9 Å². The molecule has 37 heavy (non-hydrogen) atoms. The van der Waals surface area contributed by atoms with E-state index in [9.17, 15) is 9.59 Å². The van der Waals surface area contributed by atoms with Crippen molar-refractivity contribution in [3.63, 3.8) is 0 Å². The van der Waals surface area contributed by atoms with Crippen molar-refractivity contribution in [3.8, 4) is 0 Å². The van der Waals surface area contributed by atoms with E-state index in [1.165, 1.54) is 11.1 Å². The average molecular weight is 496 g/mol. The van der Waals surface area contributed by atoms with E-state index < -0.39 is 5.97 Å². The summed E-state index contributed by atoms with van der Waals surface area (Å²) >= 11 is 0. The van der Waals surface area contributed by atoms with Crippen LogP contribution in [0.25, 0.3) is 10.9 Å². The summed E-state index contributed by atoms with van der Waals surface area (Å²) in [6.07, 6.45) is 0. The van der Waals surface area contributed by atoms with Gasteiger partial charge >= 0.3 is 5.97 Å². The maximum absolute atomic E-state index is 13.5. The number of aromatic amines is 1. The molecule has 0 spiro atoms. The largest absolute Gasteiger partial charge is 0.462 e. The third-order valence-corrected chi connectivity index (χ3v) is 7.21. The van der Waals surface area contributed by atoms with Crippen molar-refractivity contribution in [2.75, 3.05) is 32.8 Å². The Hall–Kier alpha value is -3.74. The standard InChI is InChI=1S/C31H33N3O3/c1-3-37-31(36)25-14-15-28-26(20-25)30(35)27(22(2)32-28)21-33-16-18-34(19-17-33)29(23-10-6-4-7-11-23)24-12-8-5-9-13-24/h4-15,20,29H,3,16-19,21H2,1-2H3,(H,32,35). The molecule has 0 unspecified atom stereocenters. The molecule has 3 aromatic carbocycles. The van der Waals surface area contributed by atoms with Gasteiger partial charge in [0.1, 0.15) is 0 Å². The summed E-state index contributed by atoms with van der Waals surface area (Å²) in [5.41, 5.74) is 5.32. The topological polar surface area (TPSA) is 65.6 Å². The lowest BCUT2D eigenvalue weighted by molar-refractivity contribution is 0.0526. The van der Waals surface area contributed by atoms with Crippen LogP contribution < -0.4 is 5.43 Å². The van der Waals surface area contributed by atoms with Gasteiger partial charge in [-0.25, -0.2) is 4.79 Å². The number of aryl methyl sites for hydroxylation is 1. The van der Waals surface area contributed by atoms with Gasteiger partial charge < -0.3 is 9.72 Å². The van der Waals surface area contributed by atoms with Crippen LogP contribution >= 0.6 is 0 Å². The fraction of sp³-hybridized carbons (Fsp3) is 0.290. The SMILES string of the molecule is CCOC(=O)c1ccc2[nH]c(C)c(CN3CCN(C(c4ccccc4)c4ccccc4)CC3)c(=O)c2c1. The number of rotatable bonds is 7. The predicted molar refractivity (Wildman–Crippen MR) is 147 cm³/mol. The van der Waals surface area contributed by atoms with E-state index in [1.54, 1.807) is 25.1 Å². The van der Waals surface area contributed by atoms with Crippen molar-refractivity contribution >= 4 is 16.9 Å². The number of hydrogen-bond donors (Lipinski definition) is 1. The molecule has 0 bridgehead atoms. The van der Waals surface area contributed by atoms with E-state index in [4.69, 9.17) is 4.74 Å². The Morgan fingerprint density at radius 3 is 2.14 bits per heavy atom. The summed E-state index contributed by atoms with van der Waals surface area (Å²) in [5, 5.41) is 0.526. The molecule has 0 radical (unpaired) electrons. The summed E-state index contributed by atoms with van der Waals surface area (Å²) < 4.78 is 5.12. The number of hydrogen-bond acceptors (Lipinski definition) is 5. The zero-order valence-electron chi connectivity index (χ0n) is 21.4. The molecule has 1 aliphatic rings. The Kier molecular flexibility index (Phi) is 7.49. The minimum Gasteiger partial charge on any atom is -0.462 e. The maximum atomic E-state index is 13.5. The molecule has 190 valence electrons. The molecule has 1 aromatic heterocycles. The molecule has 0 aliphatic carbocycles. The molecule has 5 rings (SSSR count). The number of fused-ring (bicyclic) bond motifs is 1. The Balaban J connectivity index is 1.35. The van der Waals surface area contributed by atoms with E-state index in [1.807, 2.05) is 6.92 Å². The molecule has 0 atom stereocenters. The van der Waals surface area contributed by atoms with E-state index in [2.05, 4.69) is 75.4 Å². The van der Waals surface area contributed by atoms with Gasteiger partial charge in [0.25, 0.3) is 0 Å². The molecule has 1 fully saturated rings. The van der Waals surface area contributed by atoms with Crippen molar-refractivity contribution in [1.82, 2.24) is 14.8 Å². The summed E-state index contributed by atoms with van der Waals surface area (Å²) in [6, 6.07) is 26.7. The molecular formula is C31H33N3O3. The number of nitrogens with one attached hydrogen (secondary N) is 1. The van der Waals surface area contributed by atoms with Crippen LogP contribution in [0.15, 0.2) is 83.7 Å². The van der Waals surface area contributed by atoms with Crippen LogP contribution in [-0.4, -0.2) is 53.5 Å². The van der Waals surface area contributed by atoms with Crippen molar-refractivity contribution < 1.29 is 9.53 Å². The van der Waals surface area contributed by atoms with Gasteiger partial charge in [-0.15, -0.1) is 0 Å². The molecule has 6 nitrogen and oxygen atoms in total. The van der Waals surface area contributed by atoms with Crippen LogP contribution in [0.3, 0.4) is 0 Å². The highest BCUT2D eigenvalue weighted by atomic mass is 16.5. The third-order valence-electron chi connectivity index (χ3n) is 7.21. The number of carbonyl (C=O) groups is 1. The highest BCUT2D eigenvalue weighted by Crippen LogP contribution is 2.29. The summed E-state index contributed by atoms with van der Waals surface area (Å²) in [4.78, 5) is 33.9. The number of benzene rings is 3. The molecule has 6 heteroatoms. The Labute approximate surface area is 217 Å². The lowest BCUT2D eigenvalue weighted by Gasteiger charge is -2.40. The molecule has 0 saturated carbocycles. The third kappa shape index (κ3) is 5.36.